The number of ether oxygens (including phenoxy) is 1. The quantitative estimate of drug-likeness (QED) is 0.742. The minimum Gasteiger partial charge on any atom is -0.472 e. The van der Waals surface area contributed by atoms with Gasteiger partial charge in [0.05, 0.1) is 5.69 Å². The molecule has 3 nitrogen and oxygen atoms in total. The average Bonchev–Trinajstić information content (AvgIpc) is 2.81. The van der Waals surface area contributed by atoms with Gasteiger partial charge in [-0.1, -0.05) is 24.3 Å². The number of rotatable bonds is 3. The molecule has 0 radical (unpaired) electrons. The van der Waals surface area contributed by atoms with Crippen LogP contribution in [0.4, 0.5) is 0 Å². The lowest BCUT2D eigenvalue weighted by Crippen LogP contribution is -1.97. The van der Waals surface area contributed by atoms with Gasteiger partial charge in [-0.25, -0.2) is 0 Å². The van der Waals surface area contributed by atoms with Gasteiger partial charge in [0.2, 0.25) is 0 Å². The maximum Gasteiger partial charge on any atom is 0.199 e. The van der Waals surface area contributed by atoms with E-state index < -0.39 is 0 Å². The molecule has 0 bridgehead atoms. The molecule has 0 aliphatic carbocycles. The summed E-state index contributed by atoms with van der Waals surface area (Å²) in [6, 6.07) is 13.9. The highest BCUT2D eigenvalue weighted by Gasteiger charge is 2.03. The highest BCUT2D eigenvalue weighted by Crippen LogP contribution is 2.24. The Morgan fingerprint density at radius 1 is 1.06 bits per heavy atom. The van der Waals surface area contributed by atoms with Gasteiger partial charge in [-0.2, -0.15) is 0 Å². The van der Waals surface area contributed by atoms with E-state index in [9.17, 15) is 0 Å². The summed E-state index contributed by atoms with van der Waals surface area (Å²) in [4.78, 5) is 7.35. The molecule has 3 aromatic rings. The number of hydrogen-bond acceptors (Lipinski definition) is 2. The zero-order valence-corrected chi connectivity index (χ0v) is 9.26. The van der Waals surface area contributed by atoms with Gasteiger partial charge in [0.15, 0.2) is 5.88 Å². The van der Waals surface area contributed by atoms with E-state index in [-0.39, 0.29) is 0 Å². The van der Waals surface area contributed by atoms with Crippen LogP contribution >= 0.6 is 0 Å². The van der Waals surface area contributed by atoms with Crippen LogP contribution in [0.15, 0.2) is 54.9 Å². The minimum atomic E-state index is 0.478. The van der Waals surface area contributed by atoms with Gasteiger partial charge < -0.3 is 9.72 Å². The zero-order valence-electron chi connectivity index (χ0n) is 9.26. The van der Waals surface area contributed by atoms with Crippen LogP contribution < -0.4 is 4.74 Å². The number of hydrogen-bond donors (Lipinski definition) is 1. The number of H-pyrrole nitrogens is 1. The Kier molecular flexibility index (Phi) is 2.50. The van der Waals surface area contributed by atoms with Crippen LogP contribution in [0.2, 0.25) is 0 Å². The van der Waals surface area contributed by atoms with Crippen molar-refractivity contribution in [2.24, 2.45) is 0 Å². The van der Waals surface area contributed by atoms with E-state index in [4.69, 9.17) is 4.74 Å². The van der Waals surface area contributed by atoms with E-state index in [1.54, 1.807) is 6.20 Å². The molecule has 0 saturated carbocycles. The molecule has 0 amide bonds. The molecule has 3 rings (SSSR count). The first-order valence-corrected chi connectivity index (χ1v) is 5.52. The number of aromatic amines is 1. The standard InChI is InChI=1S/C14H12N2O/c1-2-7-13-11(5-1)9-16-14(13)17-10-12-6-3-4-8-15-12/h1-9,16H,10H2. The maximum absolute atomic E-state index is 5.73. The first-order valence-electron chi connectivity index (χ1n) is 5.52. The van der Waals surface area contributed by atoms with Crippen LogP contribution in [0.3, 0.4) is 0 Å². The zero-order chi connectivity index (χ0) is 11.5. The van der Waals surface area contributed by atoms with Crippen molar-refractivity contribution in [2.75, 3.05) is 0 Å². The van der Waals surface area contributed by atoms with E-state index in [0.717, 1.165) is 22.3 Å². The van der Waals surface area contributed by atoms with Crippen molar-refractivity contribution in [3.63, 3.8) is 0 Å². The van der Waals surface area contributed by atoms with Gasteiger partial charge >= 0.3 is 0 Å². The summed E-state index contributed by atoms with van der Waals surface area (Å²) in [6.45, 7) is 0.478. The summed E-state index contributed by atoms with van der Waals surface area (Å²) < 4.78 is 5.73. The van der Waals surface area contributed by atoms with E-state index in [1.165, 1.54) is 0 Å². The summed E-state index contributed by atoms with van der Waals surface area (Å²) in [7, 11) is 0. The molecule has 2 aromatic heterocycles. The fourth-order valence-electron chi connectivity index (χ4n) is 1.80. The number of nitrogens with zero attached hydrogens (tertiary/aromatic N) is 1. The molecule has 0 saturated heterocycles. The summed E-state index contributed by atoms with van der Waals surface area (Å²) >= 11 is 0. The summed E-state index contributed by atoms with van der Waals surface area (Å²) in [5.41, 5.74) is 0.922. The topological polar surface area (TPSA) is 37.9 Å². The summed E-state index contributed by atoms with van der Waals surface area (Å²) in [5, 5.41) is 2.26. The first-order chi connectivity index (χ1) is 8.43. The molecule has 3 heteroatoms. The molecular formula is C14H12N2O. The SMILES string of the molecule is c1ccc(COc2[nH]cc3ccccc23)nc1. The number of benzene rings is 1. The smallest absolute Gasteiger partial charge is 0.199 e. The van der Waals surface area contributed by atoms with Crippen molar-refractivity contribution in [3.05, 3.63) is 60.6 Å². The Morgan fingerprint density at radius 3 is 2.82 bits per heavy atom. The van der Waals surface area contributed by atoms with Crippen LogP contribution in [-0.4, -0.2) is 9.97 Å². The molecule has 0 atom stereocenters. The van der Waals surface area contributed by atoms with Crippen molar-refractivity contribution < 1.29 is 4.74 Å². The van der Waals surface area contributed by atoms with Gasteiger partial charge in [0.25, 0.3) is 0 Å². The molecule has 0 spiro atoms. The van der Waals surface area contributed by atoms with Gasteiger partial charge in [-0.05, 0) is 18.2 Å². The van der Waals surface area contributed by atoms with E-state index >= 15 is 0 Å². The molecule has 1 aromatic carbocycles. The molecule has 0 unspecified atom stereocenters. The van der Waals surface area contributed by atoms with Gasteiger partial charge in [0.1, 0.15) is 6.61 Å². The van der Waals surface area contributed by atoms with Crippen LogP contribution in [0, 0.1) is 0 Å². The molecule has 84 valence electrons. The Labute approximate surface area is 99.1 Å². The molecule has 2 heterocycles. The second-order valence-corrected chi connectivity index (χ2v) is 3.81. The predicted octanol–water partition coefficient (Wildman–Crippen LogP) is 3.14. The van der Waals surface area contributed by atoms with Crippen molar-refractivity contribution >= 4 is 10.8 Å². The molecular weight excluding hydrogens is 212 g/mol. The summed E-state index contributed by atoms with van der Waals surface area (Å²) in [6.07, 6.45) is 3.72. The maximum atomic E-state index is 5.73. The van der Waals surface area contributed by atoms with Gasteiger partial charge in [0, 0.05) is 23.2 Å². The predicted molar refractivity (Wildman–Crippen MR) is 66.9 cm³/mol. The lowest BCUT2D eigenvalue weighted by Gasteiger charge is -2.03. The first kappa shape index (κ1) is 9.90. The van der Waals surface area contributed by atoms with E-state index in [2.05, 4.69) is 16.0 Å². The Bertz CT molecular complexity index is 616. The Morgan fingerprint density at radius 2 is 1.94 bits per heavy atom. The van der Waals surface area contributed by atoms with Crippen LogP contribution in [0.25, 0.3) is 10.8 Å². The highest BCUT2D eigenvalue weighted by molar-refractivity contribution is 5.87. The van der Waals surface area contributed by atoms with Gasteiger partial charge in [-0.15, -0.1) is 0 Å². The van der Waals surface area contributed by atoms with Crippen molar-refractivity contribution in [2.45, 2.75) is 6.61 Å². The second-order valence-electron chi connectivity index (χ2n) is 3.81. The average molecular weight is 224 g/mol. The van der Waals surface area contributed by atoms with Crippen molar-refractivity contribution in [3.8, 4) is 5.88 Å². The second kappa shape index (κ2) is 4.29. The van der Waals surface area contributed by atoms with E-state index in [0.29, 0.717) is 6.61 Å². The number of pyridine rings is 1. The molecule has 0 fully saturated rings. The molecule has 0 aliphatic heterocycles. The third-order valence-corrected chi connectivity index (χ3v) is 2.65. The monoisotopic (exact) mass is 224 g/mol. The van der Waals surface area contributed by atoms with Crippen molar-refractivity contribution in [1.82, 2.24) is 9.97 Å². The Balaban J connectivity index is 1.82. The minimum absolute atomic E-state index is 0.478. The lowest BCUT2D eigenvalue weighted by molar-refractivity contribution is 0.294. The lowest BCUT2D eigenvalue weighted by atomic mass is 10.2. The fourth-order valence-corrected chi connectivity index (χ4v) is 1.80. The molecule has 0 aliphatic rings. The van der Waals surface area contributed by atoms with Crippen LogP contribution in [-0.2, 0) is 6.61 Å². The van der Waals surface area contributed by atoms with E-state index in [1.807, 2.05) is 42.6 Å². The normalized spacial score (nSPS) is 10.6. The number of fused-ring (bicyclic) bond motifs is 1. The largest absolute Gasteiger partial charge is 0.472 e. The summed E-state index contributed by atoms with van der Waals surface area (Å²) in [5.74, 6) is 0.797. The highest BCUT2D eigenvalue weighted by atomic mass is 16.5. The molecule has 1 N–H and O–H groups in total. The number of aromatic nitrogens is 2. The third kappa shape index (κ3) is 1.99. The van der Waals surface area contributed by atoms with Crippen LogP contribution in [0.1, 0.15) is 5.69 Å². The molecule has 17 heavy (non-hydrogen) atoms. The third-order valence-electron chi connectivity index (χ3n) is 2.65. The van der Waals surface area contributed by atoms with Gasteiger partial charge in [-0.3, -0.25) is 4.98 Å². The Hall–Kier alpha value is -2.29. The number of nitrogens with one attached hydrogen (secondary N) is 1. The fraction of sp³-hybridized carbons (Fsp3) is 0.0714. The van der Waals surface area contributed by atoms with Crippen molar-refractivity contribution in [1.29, 1.82) is 0 Å². The van der Waals surface area contributed by atoms with Crippen LogP contribution in [0.5, 0.6) is 5.88 Å².